The minimum atomic E-state index is -0.0413. The first-order valence-corrected chi connectivity index (χ1v) is 8.50. The summed E-state index contributed by atoms with van der Waals surface area (Å²) in [4.78, 5) is 14.1. The Morgan fingerprint density at radius 3 is 2.83 bits per heavy atom. The van der Waals surface area contributed by atoms with Crippen LogP contribution in [0.15, 0.2) is 42.5 Å². The molecule has 0 atom stereocenters. The van der Waals surface area contributed by atoms with Crippen molar-refractivity contribution < 1.29 is 9.53 Å². The Morgan fingerprint density at radius 2 is 2.04 bits per heavy atom. The second kappa shape index (κ2) is 7.58. The van der Waals surface area contributed by atoms with E-state index in [0.717, 1.165) is 29.3 Å². The van der Waals surface area contributed by atoms with Gasteiger partial charge in [-0.15, -0.1) is 0 Å². The molecule has 0 saturated heterocycles. The fraction of sp³-hybridized carbons (Fsp3) is 0.316. The summed E-state index contributed by atoms with van der Waals surface area (Å²) in [5, 5.41) is 3.64. The second-order valence-corrected chi connectivity index (χ2v) is 6.34. The van der Waals surface area contributed by atoms with Crippen molar-refractivity contribution >= 4 is 17.6 Å². The molecule has 1 N–H and O–H groups in total. The molecule has 0 radical (unpaired) electrons. The first kappa shape index (κ1) is 16.7. The van der Waals surface area contributed by atoms with Gasteiger partial charge < -0.3 is 15.0 Å². The summed E-state index contributed by atoms with van der Waals surface area (Å²) in [5.74, 6) is 0.762. The highest BCUT2D eigenvalue weighted by molar-refractivity contribution is 6.31. The summed E-state index contributed by atoms with van der Waals surface area (Å²) in [7, 11) is 0. The van der Waals surface area contributed by atoms with Crippen LogP contribution < -0.4 is 10.1 Å². The lowest BCUT2D eigenvalue weighted by atomic mass is 10.0. The van der Waals surface area contributed by atoms with Gasteiger partial charge in [-0.2, -0.15) is 0 Å². The van der Waals surface area contributed by atoms with E-state index in [1.54, 1.807) is 0 Å². The van der Waals surface area contributed by atoms with Crippen LogP contribution in [0.3, 0.4) is 0 Å². The van der Waals surface area contributed by atoms with E-state index in [0.29, 0.717) is 19.7 Å². The molecule has 24 heavy (non-hydrogen) atoms. The second-order valence-electron chi connectivity index (χ2n) is 5.93. The summed E-state index contributed by atoms with van der Waals surface area (Å²) >= 11 is 5.99. The molecule has 1 heterocycles. The number of nitrogens with zero attached hydrogens (tertiary/aromatic N) is 1. The highest BCUT2D eigenvalue weighted by Gasteiger charge is 2.19. The van der Waals surface area contributed by atoms with Crippen molar-refractivity contribution in [3.05, 3.63) is 64.2 Å². The summed E-state index contributed by atoms with van der Waals surface area (Å²) < 4.78 is 5.64. The number of benzene rings is 2. The number of hydrogen-bond acceptors (Lipinski definition) is 2. The standard InChI is InChI=1S/C19H21ClN2O2/c1-14-12-17(6-7-18(14)20)24-11-9-21-19(23)22-10-8-15-4-2-3-5-16(15)13-22/h2-7,12H,8-11,13H2,1H3,(H,21,23). The summed E-state index contributed by atoms with van der Waals surface area (Å²) in [5.41, 5.74) is 3.54. The Morgan fingerprint density at radius 1 is 1.25 bits per heavy atom. The molecular weight excluding hydrogens is 324 g/mol. The van der Waals surface area contributed by atoms with Gasteiger partial charge in [-0.05, 0) is 48.2 Å². The Balaban J connectivity index is 1.44. The molecule has 1 aliphatic rings. The van der Waals surface area contributed by atoms with Crippen LogP contribution >= 0.6 is 11.6 Å². The zero-order valence-electron chi connectivity index (χ0n) is 13.7. The fourth-order valence-electron chi connectivity index (χ4n) is 2.81. The third-order valence-corrected chi connectivity index (χ3v) is 4.62. The van der Waals surface area contributed by atoms with Gasteiger partial charge in [-0.25, -0.2) is 4.79 Å². The molecule has 0 aliphatic carbocycles. The molecule has 0 fully saturated rings. The lowest BCUT2D eigenvalue weighted by molar-refractivity contribution is 0.189. The molecule has 2 amide bonds. The maximum atomic E-state index is 12.3. The van der Waals surface area contributed by atoms with Crippen molar-refractivity contribution in [1.82, 2.24) is 10.2 Å². The van der Waals surface area contributed by atoms with E-state index in [4.69, 9.17) is 16.3 Å². The van der Waals surface area contributed by atoms with Crippen molar-refractivity contribution in [3.8, 4) is 5.75 Å². The average Bonchev–Trinajstić information content (AvgIpc) is 2.61. The topological polar surface area (TPSA) is 41.6 Å². The molecule has 4 nitrogen and oxygen atoms in total. The van der Waals surface area contributed by atoms with Crippen LogP contribution in [0, 0.1) is 6.92 Å². The molecule has 0 aromatic heterocycles. The Labute approximate surface area is 147 Å². The van der Waals surface area contributed by atoms with Gasteiger partial charge in [0.2, 0.25) is 0 Å². The molecule has 0 bridgehead atoms. The monoisotopic (exact) mass is 344 g/mol. The minimum Gasteiger partial charge on any atom is -0.492 e. The number of hydrogen-bond donors (Lipinski definition) is 1. The summed E-state index contributed by atoms with van der Waals surface area (Å²) in [6.07, 6.45) is 0.907. The van der Waals surface area contributed by atoms with Gasteiger partial charge in [-0.1, -0.05) is 35.9 Å². The van der Waals surface area contributed by atoms with E-state index in [1.807, 2.05) is 42.2 Å². The van der Waals surface area contributed by atoms with Crippen molar-refractivity contribution in [2.75, 3.05) is 19.7 Å². The normalized spacial score (nSPS) is 13.3. The Bertz CT molecular complexity index is 733. The van der Waals surface area contributed by atoms with Gasteiger partial charge in [-0.3, -0.25) is 0 Å². The summed E-state index contributed by atoms with van der Waals surface area (Å²) in [6, 6.07) is 13.8. The molecule has 126 valence electrons. The number of ether oxygens (including phenoxy) is 1. The van der Waals surface area contributed by atoms with Crippen molar-refractivity contribution in [2.24, 2.45) is 0 Å². The largest absolute Gasteiger partial charge is 0.492 e. The van der Waals surface area contributed by atoms with Crippen molar-refractivity contribution in [2.45, 2.75) is 19.9 Å². The van der Waals surface area contributed by atoms with Crippen LogP contribution in [-0.4, -0.2) is 30.6 Å². The number of halogens is 1. The minimum absolute atomic E-state index is 0.0413. The predicted molar refractivity (Wildman–Crippen MR) is 95.6 cm³/mol. The molecule has 0 spiro atoms. The zero-order chi connectivity index (χ0) is 16.9. The molecule has 1 aliphatic heterocycles. The van der Waals surface area contributed by atoms with Crippen LogP contribution in [0.5, 0.6) is 5.75 Å². The quantitative estimate of drug-likeness (QED) is 0.857. The van der Waals surface area contributed by atoms with Crippen LogP contribution in [0.1, 0.15) is 16.7 Å². The Kier molecular flexibility index (Phi) is 5.26. The number of aryl methyl sites for hydroxylation is 1. The van der Waals surface area contributed by atoms with E-state index >= 15 is 0 Å². The number of carbonyl (C=O) groups is 1. The molecule has 2 aromatic carbocycles. The van der Waals surface area contributed by atoms with E-state index in [9.17, 15) is 4.79 Å². The third kappa shape index (κ3) is 4.01. The van der Waals surface area contributed by atoms with E-state index < -0.39 is 0 Å². The van der Waals surface area contributed by atoms with Gasteiger partial charge in [0.1, 0.15) is 12.4 Å². The van der Waals surface area contributed by atoms with E-state index in [2.05, 4.69) is 17.4 Å². The third-order valence-electron chi connectivity index (χ3n) is 4.19. The van der Waals surface area contributed by atoms with Crippen LogP contribution in [0.2, 0.25) is 5.02 Å². The SMILES string of the molecule is Cc1cc(OCCNC(=O)N2CCc3ccccc3C2)ccc1Cl. The maximum absolute atomic E-state index is 12.3. The molecule has 3 rings (SSSR count). The van der Waals surface area contributed by atoms with E-state index in [1.165, 1.54) is 11.1 Å². The summed E-state index contributed by atoms with van der Waals surface area (Å²) in [6.45, 7) is 4.25. The van der Waals surface area contributed by atoms with Crippen LogP contribution in [0.4, 0.5) is 4.79 Å². The van der Waals surface area contributed by atoms with Gasteiger partial charge in [0.05, 0.1) is 6.54 Å². The number of amides is 2. The average molecular weight is 345 g/mol. The lowest BCUT2D eigenvalue weighted by Crippen LogP contribution is -2.43. The predicted octanol–water partition coefficient (Wildman–Crippen LogP) is 3.80. The number of nitrogens with one attached hydrogen (secondary N) is 1. The molecule has 2 aromatic rings. The molecule has 0 unspecified atom stereocenters. The number of fused-ring (bicyclic) bond motifs is 1. The van der Waals surface area contributed by atoms with Gasteiger partial charge >= 0.3 is 6.03 Å². The first-order chi connectivity index (χ1) is 11.6. The first-order valence-electron chi connectivity index (χ1n) is 8.12. The van der Waals surface area contributed by atoms with Crippen LogP contribution in [-0.2, 0) is 13.0 Å². The zero-order valence-corrected chi connectivity index (χ0v) is 14.5. The van der Waals surface area contributed by atoms with Gasteiger partial charge in [0.15, 0.2) is 0 Å². The fourth-order valence-corrected chi connectivity index (χ4v) is 2.93. The van der Waals surface area contributed by atoms with Gasteiger partial charge in [0.25, 0.3) is 0 Å². The molecular formula is C19H21ClN2O2. The Hall–Kier alpha value is -2.20. The maximum Gasteiger partial charge on any atom is 0.317 e. The molecule has 0 saturated carbocycles. The lowest BCUT2D eigenvalue weighted by Gasteiger charge is -2.28. The van der Waals surface area contributed by atoms with Crippen molar-refractivity contribution in [3.63, 3.8) is 0 Å². The van der Waals surface area contributed by atoms with E-state index in [-0.39, 0.29) is 6.03 Å². The number of carbonyl (C=O) groups excluding carboxylic acids is 1. The van der Waals surface area contributed by atoms with Crippen molar-refractivity contribution in [1.29, 1.82) is 0 Å². The highest BCUT2D eigenvalue weighted by Crippen LogP contribution is 2.21. The smallest absolute Gasteiger partial charge is 0.317 e. The van der Waals surface area contributed by atoms with Crippen LogP contribution in [0.25, 0.3) is 0 Å². The number of urea groups is 1. The number of rotatable bonds is 4. The highest BCUT2D eigenvalue weighted by atomic mass is 35.5. The van der Waals surface area contributed by atoms with Gasteiger partial charge in [0, 0.05) is 18.1 Å². The molecule has 5 heteroatoms.